The molecule has 2 aromatic carbocycles. The monoisotopic (exact) mass is 286 g/mol. The third-order valence-electron chi connectivity index (χ3n) is 2.73. The van der Waals surface area contributed by atoms with Crippen LogP contribution in [0.1, 0.15) is 15.9 Å². The Labute approximate surface area is 123 Å². The molecule has 0 saturated carbocycles. The number of rotatable bonds is 6. The van der Waals surface area contributed by atoms with E-state index in [1.165, 1.54) is 0 Å². The SMILES string of the molecule is O=C(COCC=Cc1ccccc1)c1ccccc1Cl. The predicted molar refractivity (Wildman–Crippen MR) is 82.1 cm³/mol. The molecule has 2 aromatic rings. The van der Waals surface area contributed by atoms with Crippen molar-refractivity contribution < 1.29 is 9.53 Å². The van der Waals surface area contributed by atoms with Gasteiger partial charge in [-0.1, -0.05) is 66.2 Å². The molecule has 0 aliphatic carbocycles. The highest BCUT2D eigenvalue weighted by molar-refractivity contribution is 6.34. The van der Waals surface area contributed by atoms with Gasteiger partial charge in [0.1, 0.15) is 6.61 Å². The molecule has 0 saturated heterocycles. The van der Waals surface area contributed by atoms with E-state index in [1.807, 2.05) is 42.5 Å². The maximum Gasteiger partial charge on any atom is 0.189 e. The fraction of sp³-hybridized carbons (Fsp3) is 0.118. The molecular weight excluding hydrogens is 272 g/mol. The number of ketones is 1. The Morgan fingerprint density at radius 3 is 2.50 bits per heavy atom. The number of hydrogen-bond donors (Lipinski definition) is 0. The van der Waals surface area contributed by atoms with Gasteiger partial charge in [0, 0.05) is 5.56 Å². The molecule has 0 unspecified atom stereocenters. The van der Waals surface area contributed by atoms with E-state index in [0.717, 1.165) is 5.56 Å². The summed E-state index contributed by atoms with van der Waals surface area (Å²) in [7, 11) is 0. The van der Waals surface area contributed by atoms with Gasteiger partial charge in [-0.25, -0.2) is 0 Å². The lowest BCUT2D eigenvalue weighted by Crippen LogP contribution is -2.09. The van der Waals surface area contributed by atoms with Gasteiger partial charge in [0.05, 0.1) is 11.6 Å². The molecule has 0 heterocycles. The van der Waals surface area contributed by atoms with Crippen LogP contribution in [-0.2, 0) is 4.74 Å². The summed E-state index contributed by atoms with van der Waals surface area (Å²) in [5.41, 5.74) is 1.61. The van der Waals surface area contributed by atoms with E-state index < -0.39 is 0 Å². The second-order valence-corrected chi connectivity index (χ2v) is 4.64. The smallest absolute Gasteiger partial charge is 0.189 e. The van der Waals surface area contributed by atoms with Crippen molar-refractivity contribution in [1.82, 2.24) is 0 Å². The maximum absolute atomic E-state index is 11.9. The molecule has 0 bridgehead atoms. The summed E-state index contributed by atoms with van der Waals surface area (Å²) in [6.45, 7) is 0.425. The zero-order chi connectivity index (χ0) is 14.2. The average Bonchev–Trinajstić information content (AvgIpc) is 2.48. The minimum Gasteiger partial charge on any atom is -0.369 e. The fourth-order valence-corrected chi connectivity index (χ4v) is 1.97. The van der Waals surface area contributed by atoms with Crippen LogP contribution < -0.4 is 0 Å². The van der Waals surface area contributed by atoms with Gasteiger partial charge in [-0.3, -0.25) is 4.79 Å². The first-order chi connectivity index (χ1) is 9.77. The summed E-state index contributed by atoms with van der Waals surface area (Å²) in [6, 6.07) is 16.9. The normalized spacial score (nSPS) is 10.8. The molecule has 0 spiro atoms. The van der Waals surface area contributed by atoms with E-state index in [4.69, 9.17) is 16.3 Å². The van der Waals surface area contributed by atoms with E-state index in [9.17, 15) is 4.79 Å². The van der Waals surface area contributed by atoms with Crippen molar-refractivity contribution in [2.45, 2.75) is 0 Å². The Hall–Kier alpha value is -1.90. The van der Waals surface area contributed by atoms with Crippen molar-refractivity contribution in [3.05, 3.63) is 76.8 Å². The molecule has 0 amide bonds. The maximum atomic E-state index is 11.9. The molecule has 0 atom stereocenters. The Morgan fingerprint density at radius 2 is 1.75 bits per heavy atom. The number of halogens is 1. The highest BCUT2D eigenvalue weighted by Crippen LogP contribution is 2.15. The largest absolute Gasteiger partial charge is 0.369 e. The van der Waals surface area contributed by atoms with Crippen LogP contribution in [0.15, 0.2) is 60.7 Å². The fourth-order valence-electron chi connectivity index (χ4n) is 1.73. The van der Waals surface area contributed by atoms with Crippen LogP contribution in [0.2, 0.25) is 5.02 Å². The summed E-state index contributed by atoms with van der Waals surface area (Å²) in [5, 5.41) is 0.459. The minimum atomic E-state index is -0.108. The number of benzene rings is 2. The second-order valence-electron chi connectivity index (χ2n) is 4.23. The van der Waals surface area contributed by atoms with Crippen LogP contribution in [0.4, 0.5) is 0 Å². The molecule has 0 N–H and O–H groups in total. The van der Waals surface area contributed by atoms with Crippen LogP contribution in [0.25, 0.3) is 6.08 Å². The highest BCUT2D eigenvalue weighted by Gasteiger charge is 2.08. The molecule has 102 valence electrons. The van der Waals surface area contributed by atoms with E-state index in [1.54, 1.807) is 24.3 Å². The van der Waals surface area contributed by atoms with Gasteiger partial charge in [0.25, 0.3) is 0 Å². The van der Waals surface area contributed by atoms with E-state index in [-0.39, 0.29) is 12.4 Å². The number of Topliss-reactive ketones (excluding diaryl/α,β-unsaturated/α-hetero) is 1. The van der Waals surface area contributed by atoms with Gasteiger partial charge >= 0.3 is 0 Å². The summed E-state index contributed by atoms with van der Waals surface area (Å²) in [6.07, 6.45) is 3.84. The Bertz CT molecular complexity index is 591. The first-order valence-electron chi connectivity index (χ1n) is 6.34. The molecule has 2 rings (SSSR count). The zero-order valence-corrected chi connectivity index (χ0v) is 11.7. The van der Waals surface area contributed by atoms with Crippen molar-refractivity contribution in [1.29, 1.82) is 0 Å². The Kier molecular flexibility index (Phi) is 5.54. The zero-order valence-electron chi connectivity index (χ0n) is 11.0. The summed E-state index contributed by atoms with van der Waals surface area (Å²) in [5.74, 6) is -0.108. The van der Waals surface area contributed by atoms with Crippen molar-refractivity contribution in [2.24, 2.45) is 0 Å². The van der Waals surface area contributed by atoms with Crippen LogP contribution >= 0.6 is 11.6 Å². The third kappa shape index (κ3) is 4.34. The number of carbonyl (C=O) groups excluding carboxylic acids is 1. The summed E-state index contributed by atoms with van der Waals surface area (Å²) < 4.78 is 5.33. The molecule has 0 aromatic heterocycles. The lowest BCUT2D eigenvalue weighted by atomic mass is 10.1. The van der Waals surface area contributed by atoms with Gasteiger partial charge in [-0.15, -0.1) is 0 Å². The summed E-state index contributed by atoms with van der Waals surface area (Å²) in [4.78, 5) is 11.9. The second kappa shape index (κ2) is 7.63. The number of ether oxygens (including phenoxy) is 1. The number of hydrogen-bond acceptors (Lipinski definition) is 2. The van der Waals surface area contributed by atoms with Crippen LogP contribution in [-0.4, -0.2) is 19.0 Å². The first-order valence-corrected chi connectivity index (χ1v) is 6.72. The van der Waals surface area contributed by atoms with E-state index >= 15 is 0 Å². The van der Waals surface area contributed by atoms with Gasteiger partial charge in [0.15, 0.2) is 5.78 Å². The van der Waals surface area contributed by atoms with Crippen LogP contribution in [0, 0.1) is 0 Å². The third-order valence-corrected chi connectivity index (χ3v) is 3.06. The van der Waals surface area contributed by atoms with Crippen LogP contribution in [0.3, 0.4) is 0 Å². The lowest BCUT2D eigenvalue weighted by Gasteiger charge is -2.03. The Morgan fingerprint density at radius 1 is 1.05 bits per heavy atom. The number of carbonyl (C=O) groups is 1. The molecule has 20 heavy (non-hydrogen) atoms. The van der Waals surface area contributed by atoms with Gasteiger partial charge in [0.2, 0.25) is 0 Å². The van der Waals surface area contributed by atoms with E-state index in [0.29, 0.717) is 17.2 Å². The predicted octanol–water partition coefficient (Wildman–Crippen LogP) is 4.25. The van der Waals surface area contributed by atoms with Crippen molar-refractivity contribution in [3.63, 3.8) is 0 Å². The van der Waals surface area contributed by atoms with Gasteiger partial charge < -0.3 is 4.74 Å². The van der Waals surface area contributed by atoms with Crippen molar-refractivity contribution in [3.8, 4) is 0 Å². The molecular formula is C17H15ClO2. The standard InChI is InChI=1S/C17H15ClO2/c18-16-11-5-4-10-15(16)17(19)13-20-12-6-9-14-7-2-1-3-8-14/h1-11H,12-13H2. The quantitative estimate of drug-likeness (QED) is 0.586. The molecule has 0 aliphatic heterocycles. The first kappa shape index (κ1) is 14.5. The van der Waals surface area contributed by atoms with Gasteiger partial charge in [-0.05, 0) is 17.7 Å². The molecule has 0 radical (unpaired) electrons. The molecule has 2 nitrogen and oxygen atoms in total. The Balaban J connectivity index is 1.78. The van der Waals surface area contributed by atoms with Crippen LogP contribution in [0.5, 0.6) is 0 Å². The molecule has 0 fully saturated rings. The van der Waals surface area contributed by atoms with Crippen molar-refractivity contribution >= 4 is 23.5 Å². The average molecular weight is 287 g/mol. The topological polar surface area (TPSA) is 26.3 Å². The highest BCUT2D eigenvalue weighted by atomic mass is 35.5. The minimum absolute atomic E-state index is 0.0306. The van der Waals surface area contributed by atoms with Crippen molar-refractivity contribution in [2.75, 3.05) is 13.2 Å². The molecule has 3 heteroatoms. The molecule has 0 aliphatic rings. The summed E-state index contributed by atoms with van der Waals surface area (Å²) >= 11 is 5.95. The van der Waals surface area contributed by atoms with E-state index in [2.05, 4.69) is 0 Å². The lowest BCUT2D eigenvalue weighted by molar-refractivity contribution is 0.0807. The van der Waals surface area contributed by atoms with Gasteiger partial charge in [-0.2, -0.15) is 0 Å².